The monoisotopic (exact) mass is 490 g/mol. The van der Waals surface area contributed by atoms with Gasteiger partial charge in [-0.15, -0.1) is 0 Å². The lowest BCUT2D eigenvalue weighted by molar-refractivity contribution is -0.137. The third-order valence-corrected chi connectivity index (χ3v) is 4.87. The van der Waals surface area contributed by atoms with Crippen LogP contribution in [0, 0.1) is 0 Å². The van der Waals surface area contributed by atoms with Crippen LogP contribution in [0.25, 0.3) is 0 Å². The molecule has 0 aliphatic heterocycles. The molecule has 0 heterocycles. The smallest absolute Gasteiger partial charge is 0.355 e. The van der Waals surface area contributed by atoms with E-state index in [1.807, 2.05) is 0 Å². The van der Waals surface area contributed by atoms with Crippen molar-refractivity contribution in [2.24, 2.45) is 0 Å². The van der Waals surface area contributed by atoms with Crippen LogP contribution in [0.3, 0.4) is 0 Å². The van der Waals surface area contributed by atoms with Gasteiger partial charge in [-0.3, -0.25) is 9.59 Å². The minimum Gasteiger partial charge on any atom is -0.355 e. The van der Waals surface area contributed by atoms with Crippen LogP contribution in [0.1, 0.15) is 26.3 Å². The number of benzene rings is 3. The molecule has 4 amide bonds. The third kappa shape index (κ3) is 6.26. The number of nitrogens with one attached hydrogen (secondary N) is 4. The van der Waals surface area contributed by atoms with Crippen LogP contribution < -0.4 is 21.3 Å². The Morgan fingerprint density at radius 1 is 0.735 bits per heavy atom. The lowest BCUT2D eigenvalue weighted by atomic mass is 10.1. The summed E-state index contributed by atoms with van der Waals surface area (Å²) in [4.78, 5) is 36.3. The lowest BCUT2D eigenvalue weighted by Gasteiger charge is -2.12. The normalized spacial score (nSPS) is 10.9. The molecule has 0 fully saturated rings. The molecule has 3 rings (SSSR count). The van der Waals surface area contributed by atoms with E-state index in [1.54, 1.807) is 18.2 Å². The molecule has 4 N–H and O–H groups in total. The van der Waals surface area contributed by atoms with Gasteiger partial charge in [0.2, 0.25) is 0 Å². The van der Waals surface area contributed by atoms with Crippen molar-refractivity contribution in [1.29, 1.82) is 0 Å². The van der Waals surface area contributed by atoms with Crippen LogP contribution in [0.2, 0.25) is 5.02 Å². The minimum atomic E-state index is -4.66. The number of amides is 4. The van der Waals surface area contributed by atoms with Gasteiger partial charge in [0.1, 0.15) is 0 Å². The topological polar surface area (TPSA) is 99.3 Å². The van der Waals surface area contributed by atoms with Crippen LogP contribution in [0.4, 0.5) is 35.0 Å². The van der Waals surface area contributed by atoms with Crippen LogP contribution in [0.5, 0.6) is 0 Å². The van der Waals surface area contributed by atoms with E-state index < -0.39 is 28.7 Å². The average Bonchev–Trinajstić information content (AvgIpc) is 2.79. The Hall–Kier alpha value is -4.05. The maximum Gasteiger partial charge on any atom is 0.417 e. The summed E-state index contributed by atoms with van der Waals surface area (Å²) in [7, 11) is 1.50. The molecule has 3 aromatic rings. The van der Waals surface area contributed by atoms with Crippen molar-refractivity contribution >= 4 is 46.5 Å². The first-order valence-electron chi connectivity index (χ1n) is 9.75. The lowest BCUT2D eigenvalue weighted by Crippen LogP contribution is -2.20. The molecule has 11 heteroatoms. The van der Waals surface area contributed by atoms with E-state index in [1.165, 1.54) is 43.4 Å². The van der Waals surface area contributed by atoms with E-state index in [2.05, 4.69) is 21.3 Å². The van der Waals surface area contributed by atoms with Crippen LogP contribution in [-0.2, 0) is 6.18 Å². The molecule has 0 saturated heterocycles. The van der Waals surface area contributed by atoms with E-state index >= 15 is 0 Å². The summed E-state index contributed by atoms with van der Waals surface area (Å²) in [5, 5.41) is 9.45. The second kappa shape index (κ2) is 10.3. The molecule has 0 bridgehead atoms. The van der Waals surface area contributed by atoms with Crippen LogP contribution in [0.15, 0.2) is 66.7 Å². The summed E-state index contributed by atoms with van der Waals surface area (Å²) in [6.45, 7) is 0. The molecule has 3 aromatic carbocycles. The Balaban J connectivity index is 1.62. The van der Waals surface area contributed by atoms with Crippen molar-refractivity contribution < 1.29 is 27.6 Å². The van der Waals surface area contributed by atoms with Crippen molar-refractivity contribution in [2.75, 3.05) is 23.0 Å². The zero-order valence-electron chi connectivity index (χ0n) is 17.6. The number of alkyl halides is 3. The molecule has 0 radical (unpaired) electrons. The number of carbonyl (C=O) groups is 3. The highest BCUT2D eigenvalue weighted by atomic mass is 35.5. The number of anilines is 3. The summed E-state index contributed by atoms with van der Waals surface area (Å²) < 4.78 is 38.9. The van der Waals surface area contributed by atoms with Gasteiger partial charge in [-0.25, -0.2) is 4.79 Å². The average molecular weight is 491 g/mol. The number of hydrogen-bond donors (Lipinski definition) is 4. The van der Waals surface area contributed by atoms with E-state index in [0.717, 1.165) is 12.1 Å². The predicted octanol–water partition coefficient (Wildman–Crippen LogP) is 5.61. The van der Waals surface area contributed by atoms with Crippen molar-refractivity contribution in [1.82, 2.24) is 5.32 Å². The highest BCUT2D eigenvalue weighted by Gasteiger charge is 2.33. The first kappa shape index (κ1) is 24.6. The van der Waals surface area contributed by atoms with Crippen LogP contribution >= 0.6 is 11.6 Å². The second-order valence-electron chi connectivity index (χ2n) is 6.96. The second-order valence-corrected chi connectivity index (χ2v) is 7.37. The minimum absolute atomic E-state index is 0.0933. The number of carbonyl (C=O) groups excluding carboxylic acids is 3. The molecule has 34 heavy (non-hydrogen) atoms. The summed E-state index contributed by atoms with van der Waals surface area (Å²) >= 11 is 5.57. The molecule has 0 unspecified atom stereocenters. The van der Waals surface area contributed by atoms with Gasteiger partial charge in [0.05, 0.1) is 10.6 Å². The number of halogens is 4. The van der Waals surface area contributed by atoms with Gasteiger partial charge in [-0.05, 0) is 60.7 Å². The molecule has 0 aliphatic carbocycles. The molecule has 0 spiro atoms. The predicted molar refractivity (Wildman–Crippen MR) is 123 cm³/mol. The number of urea groups is 1. The van der Waals surface area contributed by atoms with Crippen molar-refractivity contribution in [3.8, 4) is 0 Å². The fourth-order valence-corrected chi connectivity index (χ4v) is 3.13. The maximum atomic E-state index is 13.0. The molecule has 0 aromatic heterocycles. The fourth-order valence-electron chi connectivity index (χ4n) is 2.90. The Labute approximate surface area is 197 Å². The molecule has 176 valence electrons. The van der Waals surface area contributed by atoms with Crippen LogP contribution in [-0.4, -0.2) is 24.9 Å². The van der Waals surface area contributed by atoms with Gasteiger partial charge >= 0.3 is 12.2 Å². The third-order valence-electron chi connectivity index (χ3n) is 4.54. The molecule has 0 aliphatic rings. The quantitative estimate of drug-likeness (QED) is 0.374. The van der Waals surface area contributed by atoms with Crippen molar-refractivity contribution in [3.05, 3.63) is 88.4 Å². The molecular weight excluding hydrogens is 473 g/mol. The molecule has 0 atom stereocenters. The van der Waals surface area contributed by atoms with Gasteiger partial charge in [-0.2, -0.15) is 13.2 Å². The van der Waals surface area contributed by atoms with Crippen molar-refractivity contribution in [3.63, 3.8) is 0 Å². The summed E-state index contributed by atoms with van der Waals surface area (Å²) in [5.74, 6) is -0.732. The Bertz CT molecular complexity index is 1230. The zero-order chi connectivity index (χ0) is 24.9. The Kier molecular flexibility index (Phi) is 7.42. The molecular formula is C23H18ClF3N4O3. The van der Waals surface area contributed by atoms with Crippen molar-refractivity contribution in [2.45, 2.75) is 6.18 Å². The first-order valence-corrected chi connectivity index (χ1v) is 10.1. The van der Waals surface area contributed by atoms with Gasteiger partial charge in [-0.1, -0.05) is 17.7 Å². The first-order chi connectivity index (χ1) is 16.1. The maximum absolute atomic E-state index is 13.0. The van der Waals surface area contributed by atoms with Gasteiger partial charge in [0.15, 0.2) is 0 Å². The van der Waals surface area contributed by atoms with E-state index in [4.69, 9.17) is 11.6 Å². The molecule has 7 nitrogen and oxygen atoms in total. The molecule has 0 saturated carbocycles. The number of hydrogen-bond acceptors (Lipinski definition) is 3. The Morgan fingerprint density at radius 2 is 1.35 bits per heavy atom. The number of rotatable bonds is 5. The Morgan fingerprint density at radius 3 is 2.00 bits per heavy atom. The van der Waals surface area contributed by atoms with E-state index in [9.17, 15) is 27.6 Å². The van der Waals surface area contributed by atoms with Gasteiger partial charge < -0.3 is 21.3 Å². The SMILES string of the molecule is CNC(=O)c1cccc(NC(=O)c2ccc(NC(=O)Nc3ccc(Cl)c(C(F)(F)F)c3)cc2)c1. The van der Waals surface area contributed by atoms with E-state index in [-0.39, 0.29) is 17.2 Å². The summed E-state index contributed by atoms with van der Waals surface area (Å²) in [6.07, 6.45) is -4.66. The van der Waals surface area contributed by atoms with Gasteiger partial charge in [0, 0.05) is 35.2 Å². The zero-order valence-corrected chi connectivity index (χ0v) is 18.3. The summed E-state index contributed by atoms with van der Waals surface area (Å²) in [5.41, 5.74) is 0.236. The van der Waals surface area contributed by atoms with E-state index in [0.29, 0.717) is 16.9 Å². The fraction of sp³-hybridized carbons (Fsp3) is 0.0870. The standard InChI is InChI=1S/C23H18ClF3N4O3/c1-28-20(32)14-3-2-4-16(11-14)29-21(33)13-5-7-15(8-6-13)30-22(34)31-17-9-10-19(24)18(12-17)23(25,26)27/h2-12H,1H3,(H,28,32)(H,29,33)(H2,30,31,34). The van der Waals surface area contributed by atoms with Gasteiger partial charge in [0.25, 0.3) is 11.8 Å². The highest BCUT2D eigenvalue weighted by molar-refractivity contribution is 6.31. The highest BCUT2D eigenvalue weighted by Crippen LogP contribution is 2.36. The largest absolute Gasteiger partial charge is 0.417 e. The summed E-state index contributed by atoms with van der Waals surface area (Å²) in [6, 6.07) is 14.4.